The average Bonchev–Trinajstić information content (AvgIpc) is 2.57. The van der Waals surface area contributed by atoms with Gasteiger partial charge in [-0.15, -0.1) is 5.11 Å². The third kappa shape index (κ3) is 4.19. The molecule has 0 heterocycles. The number of hydrogen-bond donors (Lipinski definition) is 1. The van der Waals surface area contributed by atoms with Crippen LogP contribution < -0.4 is 15.2 Å². The van der Waals surface area contributed by atoms with Crippen molar-refractivity contribution < 1.29 is 14.4 Å². The van der Waals surface area contributed by atoms with Gasteiger partial charge in [0.1, 0.15) is 30.4 Å². The molecular weight excluding hydrogens is 312 g/mol. The van der Waals surface area contributed by atoms with E-state index in [0.717, 1.165) is 0 Å². The predicted molar refractivity (Wildman–Crippen MR) is 88.7 cm³/mol. The van der Waals surface area contributed by atoms with Gasteiger partial charge in [0.25, 0.3) is 5.69 Å². The fourth-order valence-electron chi connectivity index (χ4n) is 1.77. The van der Waals surface area contributed by atoms with Gasteiger partial charge in [0, 0.05) is 24.3 Å². The highest BCUT2D eigenvalue weighted by Crippen LogP contribution is 2.38. The zero-order chi connectivity index (χ0) is 17.5. The molecule has 2 N–H and O–H groups in total. The molecule has 2 aromatic carbocycles. The smallest absolute Gasteiger partial charge is 0.269 e. The van der Waals surface area contributed by atoms with Crippen molar-refractivity contribution in [3.8, 4) is 11.5 Å². The lowest BCUT2D eigenvalue weighted by Gasteiger charge is -2.11. The summed E-state index contributed by atoms with van der Waals surface area (Å²) in [7, 11) is 0. The lowest BCUT2D eigenvalue weighted by molar-refractivity contribution is -0.384. The number of rotatable bonds is 7. The van der Waals surface area contributed by atoms with Crippen LogP contribution in [0.25, 0.3) is 0 Å². The molecule has 0 saturated carbocycles. The number of benzene rings is 2. The average molecular weight is 326 g/mol. The highest BCUT2D eigenvalue weighted by Gasteiger charge is 2.10. The topological polar surface area (TPSA) is 112 Å². The van der Waals surface area contributed by atoms with Gasteiger partial charge in [-0.05, 0) is 26.0 Å². The first-order valence-electron chi connectivity index (χ1n) is 6.70. The molecule has 24 heavy (non-hydrogen) atoms. The molecule has 0 aliphatic carbocycles. The maximum absolute atomic E-state index is 10.6. The van der Waals surface area contributed by atoms with Crippen LogP contribution in [0.2, 0.25) is 0 Å². The number of nitrogen functional groups attached to an aromatic ring is 1. The summed E-state index contributed by atoms with van der Waals surface area (Å²) in [5.41, 5.74) is 6.93. The van der Waals surface area contributed by atoms with Gasteiger partial charge in [0.2, 0.25) is 0 Å². The molecule has 0 aliphatic rings. The second-order valence-electron chi connectivity index (χ2n) is 4.40. The molecule has 2 rings (SSSR count). The molecule has 8 nitrogen and oxygen atoms in total. The molecule has 0 amide bonds. The van der Waals surface area contributed by atoms with Gasteiger partial charge in [0.05, 0.1) is 16.3 Å². The third-order valence-electron chi connectivity index (χ3n) is 2.85. The number of ether oxygens (including phenoxy) is 2. The van der Waals surface area contributed by atoms with Crippen LogP contribution in [0.5, 0.6) is 11.5 Å². The number of nitrogens with zero attached hydrogens (tertiary/aromatic N) is 3. The number of nitro benzene ring substituents is 1. The quantitative estimate of drug-likeness (QED) is 0.352. The van der Waals surface area contributed by atoms with E-state index in [1.54, 1.807) is 0 Å². The minimum atomic E-state index is -0.490. The Morgan fingerprint density at radius 2 is 1.67 bits per heavy atom. The number of nitro groups is 1. The van der Waals surface area contributed by atoms with Crippen LogP contribution in [-0.2, 0) is 0 Å². The number of azo groups is 1. The lowest BCUT2D eigenvalue weighted by Crippen LogP contribution is -1.95. The van der Waals surface area contributed by atoms with Gasteiger partial charge in [-0.1, -0.05) is 0 Å². The molecule has 4 radical (unpaired) electrons. The van der Waals surface area contributed by atoms with Crippen LogP contribution in [0.1, 0.15) is 0 Å². The summed E-state index contributed by atoms with van der Waals surface area (Å²) in [6.07, 6.45) is 0. The summed E-state index contributed by atoms with van der Waals surface area (Å²) in [5, 5.41) is 18.7. The largest absolute Gasteiger partial charge is 0.484 e. The number of non-ortho nitro benzene ring substituents is 1. The van der Waals surface area contributed by atoms with Gasteiger partial charge in [0.15, 0.2) is 0 Å². The molecule has 2 aromatic rings. The second kappa shape index (κ2) is 7.91. The summed E-state index contributed by atoms with van der Waals surface area (Å²) < 4.78 is 10.4. The molecular formula is C16H14N4O4. The van der Waals surface area contributed by atoms with Crippen LogP contribution in [0.15, 0.2) is 46.6 Å². The van der Waals surface area contributed by atoms with Crippen molar-refractivity contribution in [2.45, 2.75) is 0 Å². The van der Waals surface area contributed by atoms with Crippen LogP contribution in [0, 0.1) is 37.2 Å². The minimum absolute atomic E-state index is 0.0289. The normalized spacial score (nSPS) is 10.8. The highest BCUT2D eigenvalue weighted by atomic mass is 16.6. The zero-order valence-electron chi connectivity index (χ0n) is 12.6. The molecule has 0 spiro atoms. The number of hydrogen-bond acceptors (Lipinski definition) is 7. The van der Waals surface area contributed by atoms with E-state index < -0.39 is 4.92 Å². The van der Waals surface area contributed by atoms with E-state index in [2.05, 4.69) is 24.1 Å². The Morgan fingerprint density at radius 1 is 1.04 bits per heavy atom. The van der Waals surface area contributed by atoms with E-state index in [4.69, 9.17) is 15.2 Å². The Morgan fingerprint density at radius 3 is 2.25 bits per heavy atom. The van der Waals surface area contributed by atoms with E-state index in [1.807, 2.05) is 0 Å². The standard InChI is InChI=1S/C16H14N4O4/c1-3-23-15-10-14(16(24-4-2)9-13(15)17)19-18-11-5-7-12(8-6-11)20(21)22/h3-10H,1-2,17H2/b19-18+. The van der Waals surface area contributed by atoms with Crippen molar-refractivity contribution in [2.75, 3.05) is 5.73 Å². The van der Waals surface area contributed by atoms with Gasteiger partial charge in [-0.3, -0.25) is 10.1 Å². The Bertz CT molecular complexity index is 744. The van der Waals surface area contributed by atoms with Crippen molar-refractivity contribution >= 4 is 22.7 Å². The summed E-state index contributed by atoms with van der Waals surface area (Å²) in [6, 6.07) is 8.69. The summed E-state index contributed by atoms with van der Waals surface area (Å²) >= 11 is 0. The van der Waals surface area contributed by atoms with E-state index in [-0.39, 0.29) is 5.69 Å². The Labute approximate surface area is 139 Å². The van der Waals surface area contributed by atoms with Gasteiger partial charge in [-0.25, -0.2) is 0 Å². The van der Waals surface area contributed by atoms with Crippen LogP contribution in [0.3, 0.4) is 0 Å². The summed E-state index contributed by atoms with van der Waals surface area (Å²) in [6.45, 7) is 9.41. The maximum atomic E-state index is 10.6. The Kier molecular flexibility index (Phi) is 5.67. The SMILES string of the molecule is [CH2][CH]Oc1cc(/N=N/c2ccc([N+](=O)[O-])cc2)c(O[CH][CH2])cc1N. The van der Waals surface area contributed by atoms with Gasteiger partial charge < -0.3 is 15.2 Å². The van der Waals surface area contributed by atoms with Crippen molar-refractivity contribution in [1.82, 2.24) is 0 Å². The van der Waals surface area contributed by atoms with E-state index in [1.165, 1.54) is 49.6 Å². The lowest BCUT2D eigenvalue weighted by atomic mass is 10.2. The van der Waals surface area contributed by atoms with Gasteiger partial charge >= 0.3 is 0 Å². The highest BCUT2D eigenvalue weighted by molar-refractivity contribution is 5.67. The maximum Gasteiger partial charge on any atom is 0.269 e. The van der Waals surface area contributed by atoms with Crippen molar-refractivity contribution in [2.24, 2.45) is 10.2 Å². The molecule has 0 saturated heterocycles. The first-order chi connectivity index (χ1) is 11.5. The fourth-order valence-corrected chi connectivity index (χ4v) is 1.77. The van der Waals surface area contributed by atoms with Crippen LogP contribution in [0.4, 0.5) is 22.7 Å². The number of anilines is 1. The molecule has 0 fully saturated rings. The second-order valence-corrected chi connectivity index (χ2v) is 4.40. The first-order valence-corrected chi connectivity index (χ1v) is 6.70. The molecule has 0 atom stereocenters. The number of nitrogens with two attached hydrogens (primary N) is 1. The van der Waals surface area contributed by atoms with Crippen molar-refractivity contribution in [3.05, 3.63) is 73.6 Å². The first kappa shape index (κ1) is 17.2. The molecule has 8 heteroatoms. The third-order valence-corrected chi connectivity index (χ3v) is 2.85. The van der Waals surface area contributed by atoms with Crippen LogP contribution >= 0.6 is 0 Å². The summed E-state index contributed by atoms with van der Waals surface area (Å²) in [4.78, 5) is 10.1. The molecule has 0 bridgehead atoms. The zero-order valence-corrected chi connectivity index (χ0v) is 12.6. The molecule has 0 aromatic heterocycles. The van der Waals surface area contributed by atoms with Crippen molar-refractivity contribution in [3.63, 3.8) is 0 Å². The molecule has 0 aliphatic heterocycles. The van der Waals surface area contributed by atoms with Crippen molar-refractivity contribution in [1.29, 1.82) is 0 Å². The monoisotopic (exact) mass is 326 g/mol. The van der Waals surface area contributed by atoms with E-state index in [0.29, 0.717) is 28.6 Å². The van der Waals surface area contributed by atoms with Crippen LogP contribution in [-0.4, -0.2) is 4.92 Å². The Balaban J connectivity index is 2.31. The fraction of sp³-hybridized carbons (Fsp3) is 0. The molecule has 122 valence electrons. The minimum Gasteiger partial charge on any atom is -0.484 e. The molecule has 0 unspecified atom stereocenters. The van der Waals surface area contributed by atoms with E-state index in [9.17, 15) is 10.1 Å². The van der Waals surface area contributed by atoms with E-state index >= 15 is 0 Å². The predicted octanol–water partition coefficient (Wildman–Crippen LogP) is 4.34. The Hall–Kier alpha value is -3.16. The summed E-state index contributed by atoms with van der Waals surface area (Å²) in [5.74, 6) is 0.684. The van der Waals surface area contributed by atoms with Gasteiger partial charge in [-0.2, -0.15) is 5.11 Å².